The number of anilines is 2. The minimum Gasteiger partial charge on any atom is -0.368 e. The highest BCUT2D eigenvalue weighted by molar-refractivity contribution is 6.28. The van der Waals surface area contributed by atoms with E-state index in [1.165, 1.54) is 25.7 Å². The van der Waals surface area contributed by atoms with Crippen LogP contribution >= 0.6 is 11.6 Å². The van der Waals surface area contributed by atoms with Crippen LogP contribution in [0, 0.1) is 0 Å². The van der Waals surface area contributed by atoms with Crippen molar-refractivity contribution >= 4 is 23.5 Å². The average molecular weight is 226 g/mol. The normalized spacial score (nSPS) is 20.3. The Morgan fingerprint density at radius 1 is 1.07 bits per heavy atom. The second-order valence-corrected chi connectivity index (χ2v) is 4.47. The molecule has 0 bridgehead atoms. The molecule has 0 spiro atoms. The van der Waals surface area contributed by atoms with Crippen molar-refractivity contribution in [3.63, 3.8) is 0 Å². The topological polar surface area (TPSA) is 67.9 Å². The van der Waals surface area contributed by atoms with Crippen molar-refractivity contribution in [1.82, 2.24) is 15.0 Å². The number of rotatable bonds is 3. The molecule has 1 heterocycles. The summed E-state index contributed by atoms with van der Waals surface area (Å²) in [6.07, 6.45) is 4.89. The predicted octanol–water partition coefficient (Wildman–Crippen LogP) is 1.24. The fraction of sp³-hybridized carbons (Fsp3) is 0.667. The van der Waals surface area contributed by atoms with Gasteiger partial charge >= 0.3 is 0 Å². The van der Waals surface area contributed by atoms with Gasteiger partial charge < -0.3 is 10.6 Å². The van der Waals surface area contributed by atoms with Gasteiger partial charge in [0.1, 0.15) is 0 Å². The van der Waals surface area contributed by atoms with Crippen molar-refractivity contribution in [3.8, 4) is 0 Å². The molecule has 2 saturated carbocycles. The molecule has 0 amide bonds. The van der Waals surface area contributed by atoms with Gasteiger partial charge in [0, 0.05) is 12.1 Å². The first-order valence-electron chi connectivity index (χ1n) is 5.19. The molecule has 0 radical (unpaired) electrons. The summed E-state index contributed by atoms with van der Waals surface area (Å²) in [6.45, 7) is 0. The van der Waals surface area contributed by atoms with Crippen LogP contribution in [-0.4, -0.2) is 27.0 Å². The number of hydrogen-bond donors (Lipinski definition) is 1. The lowest BCUT2D eigenvalue weighted by atomic mass is 10.5. The van der Waals surface area contributed by atoms with Gasteiger partial charge in [0.25, 0.3) is 0 Å². The number of halogens is 1. The summed E-state index contributed by atoms with van der Waals surface area (Å²) in [5.74, 6) is 0.855. The van der Waals surface area contributed by atoms with E-state index < -0.39 is 0 Å². The van der Waals surface area contributed by atoms with Gasteiger partial charge in [-0.05, 0) is 37.3 Å². The van der Waals surface area contributed by atoms with Gasteiger partial charge in [0.15, 0.2) is 0 Å². The summed E-state index contributed by atoms with van der Waals surface area (Å²) in [5, 5.41) is 0.184. The third-order valence-corrected chi connectivity index (χ3v) is 2.89. The Morgan fingerprint density at radius 3 is 2.13 bits per heavy atom. The summed E-state index contributed by atoms with van der Waals surface area (Å²) >= 11 is 5.78. The zero-order valence-corrected chi connectivity index (χ0v) is 8.98. The maximum Gasteiger partial charge on any atom is 0.231 e. The lowest BCUT2D eigenvalue weighted by molar-refractivity contribution is 0.750. The molecule has 1 aromatic heterocycles. The summed E-state index contributed by atoms with van der Waals surface area (Å²) in [4.78, 5) is 14.3. The van der Waals surface area contributed by atoms with Gasteiger partial charge in [-0.3, -0.25) is 0 Å². The first-order chi connectivity index (χ1) is 7.24. The van der Waals surface area contributed by atoms with E-state index in [4.69, 9.17) is 17.3 Å². The van der Waals surface area contributed by atoms with E-state index in [2.05, 4.69) is 19.9 Å². The van der Waals surface area contributed by atoms with Crippen molar-refractivity contribution in [3.05, 3.63) is 5.28 Å². The molecular formula is C9H12ClN5. The van der Waals surface area contributed by atoms with E-state index in [1.807, 2.05) is 0 Å². The molecule has 2 fully saturated rings. The zero-order valence-electron chi connectivity index (χ0n) is 8.23. The van der Waals surface area contributed by atoms with Crippen molar-refractivity contribution < 1.29 is 0 Å². The fourth-order valence-electron chi connectivity index (χ4n) is 1.80. The summed E-state index contributed by atoms with van der Waals surface area (Å²) in [7, 11) is 0. The second kappa shape index (κ2) is 3.20. The zero-order chi connectivity index (χ0) is 10.4. The Balaban J connectivity index is 1.94. The van der Waals surface area contributed by atoms with Crippen molar-refractivity contribution in [2.75, 3.05) is 10.6 Å². The standard InChI is InChI=1S/C9H12ClN5/c10-7-12-8(11)14-9(13-7)15(5-1-2-5)6-3-4-6/h5-6H,1-4H2,(H2,11,12,13,14). The van der Waals surface area contributed by atoms with Crippen LogP contribution in [0.5, 0.6) is 0 Å². The first kappa shape index (κ1) is 9.15. The molecule has 1 aromatic rings. The average Bonchev–Trinajstić information content (AvgIpc) is 2.95. The molecule has 5 nitrogen and oxygen atoms in total. The SMILES string of the molecule is Nc1nc(Cl)nc(N(C2CC2)C2CC2)n1. The number of nitrogens with zero attached hydrogens (tertiary/aromatic N) is 4. The maximum atomic E-state index is 5.78. The van der Waals surface area contributed by atoms with E-state index in [1.54, 1.807) is 0 Å². The van der Waals surface area contributed by atoms with Crippen LogP contribution in [0.3, 0.4) is 0 Å². The number of nitrogen functional groups attached to an aromatic ring is 1. The third kappa shape index (κ3) is 1.84. The number of aromatic nitrogens is 3. The van der Waals surface area contributed by atoms with E-state index in [9.17, 15) is 0 Å². The Hall–Kier alpha value is -1.10. The first-order valence-corrected chi connectivity index (χ1v) is 5.57. The lowest BCUT2D eigenvalue weighted by Gasteiger charge is -2.21. The van der Waals surface area contributed by atoms with Crippen LogP contribution < -0.4 is 10.6 Å². The van der Waals surface area contributed by atoms with Crippen LogP contribution in [0.4, 0.5) is 11.9 Å². The van der Waals surface area contributed by atoms with Crippen LogP contribution in [0.25, 0.3) is 0 Å². The smallest absolute Gasteiger partial charge is 0.231 e. The molecule has 0 atom stereocenters. The van der Waals surface area contributed by atoms with Crippen molar-refractivity contribution in [2.45, 2.75) is 37.8 Å². The molecule has 2 N–H and O–H groups in total. The number of nitrogens with two attached hydrogens (primary N) is 1. The van der Waals surface area contributed by atoms with Gasteiger partial charge in [-0.15, -0.1) is 0 Å². The number of hydrogen-bond acceptors (Lipinski definition) is 5. The highest BCUT2D eigenvalue weighted by Gasteiger charge is 2.40. The van der Waals surface area contributed by atoms with Crippen molar-refractivity contribution in [1.29, 1.82) is 0 Å². The van der Waals surface area contributed by atoms with Crippen LogP contribution in [0.15, 0.2) is 0 Å². The second-order valence-electron chi connectivity index (χ2n) is 4.13. The van der Waals surface area contributed by atoms with E-state index >= 15 is 0 Å². The fourth-order valence-corrected chi connectivity index (χ4v) is 1.96. The van der Waals surface area contributed by atoms with Gasteiger partial charge in [0.05, 0.1) is 0 Å². The van der Waals surface area contributed by atoms with E-state index in [-0.39, 0.29) is 11.2 Å². The van der Waals surface area contributed by atoms with Crippen LogP contribution in [0.1, 0.15) is 25.7 Å². The van der Waals surface area contributed by atoms with E-state index in [0.29, 0.717) is 18.0 Å². The molecule has 15 heavy (non-hydrogen) atoms. The minimum absolute atomic E-state index is 0.184. The monoisotopic (exact) mass is 225 g/mol. The molecule has 3 rings (SSSR count). The summed E-state index contributed by atoms with van der Waals surface area (Å²) in [5.41, 5.74) is 5.57. The van der Waals surface area contributed by atoms with Gasteiger partial charge in [0.2, 0.25) is 17.2 Å². The highest BCUT2D eigenvalue weighted by atomic mass is 35.5. The molecule has 0 saturated heterocycles. The summed E-state index contributed by atoms with van der Waals surface area (Å²) in [6, 6.07) is 1.19. The molecule has 0 aromatic carbocycles. The highest BCUT2D eigenvalue weighted by Crippen LogP contribution is 2.39. The maximum absolute atomic E-state index is 5.78. The largest absolute Gasteiger partial charge is 0.368 e. The van der Waals surface area contributed by atoms with Gasteiger partial charge in [-0.2, -0.15) is 15.0 Å². The molecule has 0 unspecified atom stereocenters. The van der Waals surface area contributed by atoms with Crippen molar-refractivity contribution in [2.24, 2.45) is 0 Å². The minimum atomic E-state index is 0.184. The predicted molar refractivity (Wildman–Crippen MR) is 57.8 cm³/mol. The van der Waals surface area contributed by atoms with Crippen LogP contribution in [-0.2, 0) is 0 Å². The summed E-state index contributed by atoms with van der Waals surface area (Å²) < 4.78 is 0. The molecular weight excluding hydrogens is 214 g/mol. The Morgan fingerprint density at radius 2 is 1.67 bits per heavy atom. The Kier molecular flexibility index (Phi) is 1.95. The van der Waals surface area contributed by atoms with E-state index in [0.717, 1.165) is 0 Å². The molecule has 80 valence electrons. The molecule has 2 aliphatic rings. The van der Waals surface area contributed by atoms with Gasteiger partial charge in [-0.25, -0.2) is 0 Å². The lowest BCUT2D eigenvalue weighted by Crippen LogP contribution is -2.30. The third-order valence-electron chi connectivity index (χ3n) is 2.73. The molecule has 0 aliphatic heterocycles. The quantitative estimate of drug-likeness (QED) is 0.838. The molecule has 2 aliphatic carbocycles. The Labute approximate surface area is 92.7 Å². The molecule has 6 heteroatoms. The van der Waals surface area contributed by atoms with Crippen LogP contribution in [0.2, 0.25) is 5.28 Å². The van der Waals surface area contributed by atoms with Gasteiger partial charge in [-0.1, -0.05) is 0 Å². The Bertz CT molecular complexity index is 356.